The molecule has 3 aromatic rings. The van der Waals surface area contributed by atoms with E-state index in [1.165, 1.54) is 6.42 Å². The van der Waals surface area contributed by atoms with E-state index in [4.69, 9.17) is 0 Å². The van der Waals surface area contributed by atoms with E-state index in [2.05, 4.69) is 5.32 Å². The molecule has 0 spiro atoms. The average molecular weight is 467 g/mol. The van der Waals surface area contributed by atoms with E-state index in [9.17, 15) is 9.59 Å². The Bertz CT molecular complexity index is 1050. The van der Waals surface area contributed by atoms with Crippen LogP contribution in [-0.4, -0.2) is 17.9 Å². The van der Waals surface area contributed by atoms with Gasteiger partial charge in [0.25, 0.3) is 0 Å². The van der Waals surface area contributed by atoms with Crippen LogP contribution in [0.25, 0.3) is 0 Å². The number of thiophene rings is 2. The number of carbonyl (C=O) groups is 2. The van der Waals surface area contributed by atoms with E-state index >= 15 is 0 Å². The Balaban J connectivity index is 1.75. The van der Waals surface area contributed by atoms with Gasteiger partial charge in [-0.15, -0.1) is 22.7 Å². The number of amides is 2. The average Bonchev–Trinajstić information content (AvgIpc) is 3.45. The second-order valence-electron chi connectivity index (χ2n) is 8.52. The van der Waals surface area contributed by atoms with E-state index in [0.29, 0.717) is 0 Å². The molecule has 1 aliphatic carbocycles. The summed E-state index contributed by atoms with van der Waals surface area (Å²) in [7, 11) is 0. The van der Waals surface area contributed by atoms with E-state index in [-0.39, 0.29) is 24.3 Å². The van der Waals surface area contributed by atoms with Crippen molar-refractivity contribution in [1.82, 2.24) is 5.32 Å². The first-order chi connectivity index (χ1) is 15.5. The first-order valence-electron chi connectivity index (χ1n) is 11.3. The Morgan fingerprint density at radius 1 is 0.969 bits per heavy atom. The molecule has 32 heavy (non-hydrogen) atoms. The van der Waals surface area contributed by atoms with Gasteiger partial charge in [0.1, 0.15) is 6.04 Å². The number of benzene rings is 1. The summed E-state index contributed by atoms with van der Waals surface area (Å²) in [6.07, 6.45) is 5.82. The number of para-hydroxylation sites is 1. The smallest absolute Gasteiger partial charge is 0.248 e. The third-order valence-corrected chi connectivity index (χ3v) is 8.11. The Morgan fingerprint density at radius 3 is 2.41 bits per heavy atom. The zero-order chi connectivity index (χ0) is 22.5. The van der Waals surface area contributed by atoms with Gasteiger partial charge in [-0.1, -0.05) is 43.5 Å². The third-order valence-electron chi connectivity index (χ3n) is 6.16. The van der Waals surface area contributed by atoms with Gasteiger partial charge in [-0.3, -0.25) is 14.5 Å². The van der Waals surface area contributed by atoms with Crippen molar-refractivity contribution in [2.24, 2.45) is 0 Å². The topological polar surface area (TPSA) is 49.4 Å². The molecular formula is C26H30N2O2S2. The highest BCUT2D eigenvalue weighted by atomic mass is 32.1. The molecule has 2 amide bonds. The number of carbonyl (C=O) groups excluding carboxylic acids is 2. The highest BCUT2D eigenvalue weighted by Gasteiger charge is 2.36. The number of hydrogen-bond donors (Lipinski definition) is 1. The van der Waals surface area contributed by atoms with Crippen molar-refractivity contribution in [1.29, 1.82) is 0 Å². The van der Waals surface area contributed by atoms with Crippen LogP contribution in [0, 0.1) is 13.8 Å². The molecule has 0 saturated heterocycles. The molecule has 2 aromatic heterocycles. The molecule has 6 heteroatoms. The normalized spacial score (nSPS) is 15.3. The van der Waals surface area contributed by atoms with E-state index in [1.807, 2.05) is 67.1 Å². The van der Waals surface area contributed by atoms with Crippen molar-refractivity contribution in [3.8, 4) is 0 Å². The first-order valence-corrected chi connectivity index (χ1v) is 13.0. The monoisotopic (exact) mass is 466 g/mol. The second kappa shape index (κ2) is 10.5. The van der Waals surface area contributed by atoms with Crippen LogP contribution in [0.15, 0.2) is 53.2 Å². The minimum atomic E-state index is -0.675. The number of hydrogen-bond acceptors (Lipinski definition) is 4. The molecule has 1 aliphatic rings. The van der Waals surface area contributed by atoms with Gasteiger partial charge in [-0.05, 0) is 66.8 Å². The summed E-state index contributed by atoms with van der Waals surface area (Å²) in [6.45, 7) is 4.02. The van der Waals surface area contributed by atoms with E-state index < -0.39 is 6.04 Å². The number of nitrogens with one attached hydrogen (secondary N) is 1. The molecule has 168 valence electrons. The van der Waals surface area contributed by atoms with Gasteiger partial charge < -0.3 is 5.32 Å². The standard InChI is InChI=1S/C26H30N2O2S2/c1-18-9-6-7-13-22(18)28(23(29)17-21-12-8-15-31-21)24(25-19(2)14-16-32-25)26(30)27-20-10-4-3-5-11-20/h6-9,12-16,20,24H,3-5,10-11,17H2,1-2H3,(H,27,30). The molecular weight excluding hydrogens is 436 g/mol. The van der Waals surface area contributed by atoms with Gasteiger partial charge in [0.2, 0.25) is 11.8 Å². The van der Waals surface area contributed by atoms with Gasteiger partial charge in [-0.2, -0.15) is 0 Å². The van der Waals surface area contributed by atoms with Crippen molar-refractivity contribution in [2.45, 2.75) is 64.5 Å². The maximum Gasteiger partial charge on any atom is 0.248 e. The molecule has 2 heterocycles. The van der Waals surface area contributed by atoms with E-state index in [0.717, 1.165) is 52.3 Å². The fraction of sp³-hybridized carbons (Fsp3) is 0.385. The van der Waals surface area contributed by atoms with Gasteiger partial charge >= 0.3 is 0 Å². The summed E-state index contributed by atoms with van der Waals surface area (Å²) in [5.41, 5.74) is 2.82. The van der Waals surface area contributed by atoms with Gasteiger partial charge in [-0.25, -0.2) is 0 Å². The fourth-order valence-electron chi connectivity index (χ4n) is 4.44. The number of anilines is 1. The van der Waals surface area contributed by atoms with Gasteiger partial charge in [0.15, 0.2) is 0 Å². The SMILES string of the molecule is Cc1ccccc1N(C(=O)Cc1cccs1)C(C(=O)NC1CCCCC1)c1sccc1C. The molecule has 1 fully saturated rings. The molecule has 1 aromatic carbocycles. The lowest BCUT2D eigenvalue weighted by atomic mass is 9.95. The molecule has 4 nitrogen and oxygen atoms in total. The van der Waals surface area contributed by atoms with Crippen molar-refractivity contribution < 1.29 is 9.59 Å². The summed E-state index contributed by atoms with van der Waals surface area (Å²) in [6, 6.07) is 13.3. The van der Waals surface area contributed by atoms with Crippen LogP contribution in [0.1, 0.15) is 59.0 Å². The minimum Gasteiger partial charge on any atom is -0.351 e. The Kier molecular flexibility index (Phi) is 7.43. The highest BCUT2D eigenvalue weighted by Crippen LogP contribution is 2.35. The summed E-state index contributed by atoms with van der Waals surface area (Å²) >= 11 is 3.12. The second-order valence-corrected chi connectivity index (χ2v) is 10.5. The largest absolute Gasteiger partial charge is 0.351 e. The molecule has 1 unspecified atom stereocenters. The Labute approximate surface area is 198 Å². The van der Waals surface area contributed by atoms with Crippen molar-refractivity contribution in [2.75, 3.05) is 4.90 Å². The zero-order valence-corrected chi connectivity index (χ0v) is 20.3. The predicted molar refractivity (Wildman–Crippen MR) is 134 cm³/mol. The summed E-state index contributed by atoms with van der Waals surface area (Å²) in [5, 5.41) is 7.28. The van der Waals surface area contributed by atoms with Crippen molar-refractivity contribution in [3.05, 3.63) is 74.1 Å². The van der Waals surface area contributed by atoms with Gasteiger partial charge in [0, 0.05) is 21.5 Å². The minimum absolute atomic E-state index is 0.0571. The molecule has 0 radical (unpaired) electrons. The highest BCUT2D eigenvalue weighted by molar-refractivity contribution is 7.10. The molecule has 4 rings (SSSR count). The van der Waals surface area contributed by atoms with Crippen LogP contribution < -0.4 is 10.2 Å². The van der Waals surface area contributed by atoms with Crippen LogP contribution in [0.3, 0.4) is 0 Å². The number of aryl methyl sites for hydroxylation is 2. The number of nitrogens with zero attached hydrogens (tertiary/aromatic N) is 1. The van der Waals surface area contributed by atoms with Crippen LogP contribution in [0.5, 0.6) is 0 Å². The quantitative estimate of drug-likeness (QED) is 0.451. The summed E-state index contributed by atoms with van der Waals surface area (Å²) in [5.74, 6) is -0.136. The predicted octanol–water partition coefficient (Wildman–Crippen LogP) is 6.19. The first kappa shape index (κ1) is 22.7. The van der Waals surface area contributed by atoms with Crippen LogP contribution >= 0.6 is 22.7 Å². The van der Waals surface area contributed by atoms with Crippen LogP contribution in [0.2, 0.25) is 0 Å². The number of rotatable bonds is 7. The maximum atomic E-state index is 13.8. The third kappa shape index (κ3) is 5.13. The van der Waals surface area contributed by atoms with E-state index in [1.54, 1.807) is 27.6 Å². The lowest BCUT2D eigenvalue weighted by molar-refractivity contribution is -0.127. The van der Waals surface area contributed by atoms with Gasteiger partial charge in [0.05, 0.1) is 6.42 Å². The molecule has 1 saturated carbocycles. The molecule has 0 aliphatic heterocycles. The van der Waals surface area contributed by atoms with Crippen molar-refractivity contribution >= 4 is 40.2 Å². The summed E-state index contributed by atoms with van der Waals surface area (Å²) < 4.78 is 0. The Morgan fingerprint density at radius 2 is 1.75 bits per heavy atom. The maximum absolute atomic E-state index is 13.8. The molecule has 1 N–H and O–H groups in total. The molecule has 0 bridgehead atoms. The summed E-state index contributed by atoms with van der Waals surface area (Å²) in [4.78, 5) is 31.2. The zero-order valence-electron chi connectivity index (χ0n) is 18.7. The van der Waals surface area contributed by atoms with Crippen LogP contribution in [-0.2, 0) is 16.0 Å². The fourth-order valence-corrected chi connectivity index (χ4v) is 6.15. The lowest BCUT2D eigenvalue weighted by Crippen LogP contribution is -2.47. The molecule has 1 atom stereocenters. The van der Waals surface area contributed by atoms with Crippen molar-refractivity contribution in [3.63, 3.8) is 0 Å². The Hall–Kier alpha value is -2.44. The van der Waals surface area contributed by atoms with Crippen LogP contribution in [0.4, 0.5) is 5.69 Å². The lowest BCUT2D eigenvalue weighted by Gasteiger charge is -2.34.